The van der Waals surface area contributed by atoms with E-state index in [1.165, 1.54) is 13.0 Å². The number of carbonyl (C=O) groups is 1. The number of rotatable bonds is 4. The van der Waals surface area contributed by atoms with Crippen molar-refractivity contribution in [3.63, 3.8) is 0 Å². The first kappa shape index (κ1) is 18.6. The summed E-state index contributed by atoms with van der Waals surface area (Å²) in [4.78, 5) is 16.9. The van der Waals surface area contributed by atoms with Crippen molar-refractivity contribution in [1.29, 1.82) is 0 Å². The molecule has 2 unspecified atom stereocenters. The molecule has 0 aliphatic carbocycles. The summed E-state index contributed by atoms with van der Waals surface area (Å²) in [5, 5.41) is 10.8. The maximum Gasteiger partial charge on any atom is 0.302 e. The quantitative estimate of drug-likeness (QED) is 0.827. The zero-order valence-corrected chi connectivity index (χ0v) is 15.1. The average molecular weight is 379 g/mol. The Hall–Kier alpha value is -2.18. The van der Waals surface area contributed by atoms with Crippen LogP contribution in [-0.2, 0) is 9.53 Å². The lowest BCUT2D eigenvalue weighted by atomic mass is 9.94. The molecule has 2 atom stereocenters. The number of piperidine rings is 1. The van der Waals surface area contributed by atoms with Gasteiger partial charge in [-0.25, -0.2) is 9.37 Å². The van der Waals surface area contributed by atoms with Gasteiger partial charge in [-0.2, -0.15) is 0 Å². The highest BCUT2D eigenvalue weighted by atomic mass is 35.5. The van der Waals surface area contributed by atoms with Crippen molar-refractivity contribution in [3.8, 4) is 11.1 Å². The van der Waals surface area contributed by atoms with Crippen LogP contribution in [0.4, 0.5) is 10.2 Å². The largest absolute Gasteiger partial charge is 0.465 e. The van der Waals surface area contributed by atoms with Crippen LogP contribution >= 0.6 is 11.6 Å². The Morgan fingerprint density at radius 1 is 1.42 bits per heavy atom. The van der Waals surface area contributed by atoms with Crippen LogP contribution in [0.15, 0.2) is 36.5 Å². The maximum absolute atomic E-state index is 14.6. The topological polar surface area (TPSA) is 62.7 Å². The van der Waals surface area contributed by atoms with E-state index in [9.17, 15) is 14.3 Å². The summed E-state index contributed by atoms with van der Waals surface area (Å²) in [6.45, 7) is 2.28. The van der Waals surface area contributed by atoms with Crippen LogP contribution in [0, 0.1) is 11.7 Å². The first-order valence-corrected chi connectivity index (χ1v) is 8.79. The summed E-state index contributed by atoms with van der Waals surface area (Å²) < 4.78 is 19.6. The molecule has 0 radical (unpaired) electrons. The standard InChI is InChI=1S/C19H20ClFN2O3/c1-12(24)26-11-14-5-6-23(10-18(14)25)19-17(21)8-15(9-22-19)13-3-2-4-16(20)7-13/h2-4,7-9,14,18,25H,5-6,10-11H2,1H3. The van der Waals surface area contributed by atoms with Crippen LogP contribution < -0.4 is 4.90 Å². The highest BCUT2D eigenvalue weighted by Crippen LogP contribution is 2.28. The van der Waals surface area contributed by atoms with E-state index in [1.54, 1.807) is 29.3 Å². The first-order chi connectivity index (χ1) is 12.4. The summed E-state index contributed by atoms with van der Waals surface area (Å²) in [6, 6.07) is 8.57. The highest BCUT2D eigenvalue weighted by Gasteiger charge is 2.30. The molecule has 0 bridgehead atoms. The van der Waals surface area contributed by atoms with Crippen molar-refractivity contribution in [2.45, 2.75) is 19.4 Å². The van der Waals surface area contributed by atoms with Gasteiger partial charge in [0.25, 0.3) is 0 Å². The van der Waals surface area contributed by atoms with Crippen molar-refractivity contribution in [2.75, 3.05) is 24.6 Å². The normalized spacial score (nSPS) is 20.1. The van der Waals surface area contributed by atoms with Gasteiger partial charge in [0.05, 0.1) is 12.7 Å². The molecule has 1 aromatic carbocycles. The lowest BCUT2D eigenvalue weighted by Crippen LogP contribution is -2.46. The van der Waals surface area contributed by atoms with Crippen molar-refractivity contribution in [1.82, 2.24) is 4.98 Å². The Bertz CT molecular complexity index is 802. The van der Waals surface area contributed by atoms with Crippen LogP contribution in [0.5, 0.6) is 0 Å². The number of pyridine rings is 1. The number of anilines is 1. The molecule has 0 saturated carbocycles. The van der Waals surface area contributed by atoms with Crippen LogP contribution in [-0.4, -0.2) is 41.9 Å². The molecule has 138 valence electrons. The van der Waals surface area contributed by atoms with E-state index in [4.69, 9.17) is 16.3 Å². The summed E-state index contributed by atoms with van der Waals surface area (Å²) in [7, 11) is 0. The van der Waals surface area contributed by atoms with Crippen LogP contribution in [0.25, 0.3) is 11.1 Å². The monoisotopic (exact) mass is 378 g/mol. The molecule has 2 heterocycles. The second kappa shape index (κ2) is 8.01. The van der Waals surface area contributed by atoms with Crippen LogP contribution in [0.3, 0.4) is 0 Å². The number of carbonyl (C=O) groups excluding carboxylic acids is 1. The van der Waals surface area contributed by atoms with Gasteiger partial charge in [0.2, 0.25) is 0 Å². The predicted octanol–water partition coefficient (Wildman–Crippen LogP) is 3.29. The molecule has 0 spiro atoms. The number of hydrogen-bond acceptors (Lipinski definition) is 5. The Morgan fingerprint density at radius 3 is 2.88 bits per heavy atom. The molecule has 1 aliphatic rings. The van der Waals surface area contributed by atoms with E-state index in [0.29, 0.717) is 23.6 Å². The number of hydrogen-bond donors (Lipinski definition) is 1. The zero-order chi connectivity index (χ0) is 18.7. The molecule has 1 N–H and O–H groups in total. The van der Waals surface area contributed by atoms with Gasteiger partial charge in [-0.05, 0) is 30.2 Å². The Morgan fingerprint density at radius 2 is 2.23 bits per heavy atom. The van der Waals surface area contributed by atoms with Gasteiger partial charge in [0.1, 0.15) is 0 Å². The molecule has 0 amide bonds. The third kappa shape index (κ3) is 4.31. The number of aliphatic hydroxyl groups excluding tert-OH is 1. The van der Waals surface area contributed by atoms with E-state index in [0.717, 1.165) is 5.56 Å². The van der Waals surface area contributed by atoms with E-state index in [-0.39, 0.29) is 30.9 Å². The fourth-order valence-corrected chi connectivity index (χ4v) is 3.27. The van der Waals surface area contributed by atoms with Gasteiger partial charge < -0.3 is 14.7 Å². The number of esters is 1. The molecule has 1 fully saturated rings. The van der Waals surface area contributed by atoms with Crippen molar-refractivity contribution >= 4 is 23.4 Å². The number of nitrogens with zero attached hydrogens (tertiary/aromatic N) is 2. The number of benzene rings is 1. The molecule has 1 aromatic heterocycles. The van der Waals surface area contributed by atoms with Gasteiger partial charge in [-0.15, -0.1) is 0 Å². The summed E-state index contributed by atoms with van der Waals surface area (Å²) in [6.07, 6.45) is 1.48. The van der Waals surface area contributed by atoms with Gasteiger partial charge in [-0.1, -0.05) is 23.7 Å². The highest BCUT2D eigenvalue weighted by molar-refractivity contribution is 6.30. The number of β-amino-alcohol motifs (C(OH)–C–C–N with tert-alkyl or cyclic N) is 1. The van der Waals surface area contributed by atoms with Crippen molar-refractivity contribution in [2.24, 2.45) is 5.92 Å². The lowest BCUT2D eigenvalue weighted by molar-refractivity contribution is -0.143. The van der Waals surface area contributed by atoms with Crippen molar-refractivity contribution < 1.29 is 19.0 Å². The summed E-state index contributed by atoms with van der Waals surface area (Å²) in [5.74, 6) is -0.762. The SMILES string of the molecule is CC(=O)OCC1CCN(c2ncc(-c3cccc(Cl)c3)cc2F)CC1O. The van der Waals surface area contributed by atoms with E-state index in [1.807, 2.05) is 6.07 Å². The number of ether oxygens (including phenoxy) is 1. The first-order valence-electron chi connectivity index (χ1n) is 8.42. The van der Waals surface area contributed by atoms with Crippen LogP contribution in [0.1, 0.15) is 13.3 Å². The summed E-state index contributed by atoms with van der Waals surface area (Å²) in [5.41, 5.74) is 1.43. The minimum absolute atomic E-state index is 0.149. The van der Waals surface area contributed by atoms with Crippen molar-refractivity contribution in [3.05, 3.63) is 47.4 Å². The number of aliphatic hydroxyl groups is 1. The molecular formula is C19H20ClFN2O3. The molecule has 3 rings (SSSR count). The molecule has 5 nitrogen and oxygen atoms in total. The minimum atomic E-state index is -0.711. The Kier molecular flexibility index (Phi) is 5.74. The third-order valence-corrected chi connectivity index (χ3v) is 4.74. The number of halogens is 2. The molecular weight excluding hydrogens is 359 g/mol. The van der Waals surface area contributed by atoms with Crippen LogP contribution in [0.2, 0.25) is 5.02 Å². The second-order valence-electron chi connectivity index (χ2n) is 6.40. The van der Waals surface area contributed by atoms with E-state index >= 15 is 0 Å². The fourth-order valence-electron chi connectivity index (χ4n) is 3.08. The summed E-state index contributed by atoms with van der Waals surface area (Å²) >= 11 is 5.98. The van der Waals surface area contributed by atoms with Gasteiger partial charge in [0, 0.05) is 42.7 Å². The average Bonchev–Trinajstić information content (AvgIpc) is 2.60. The van der Waals surface area contributed by atoms with Gasteiger partial charge in [0.15, 0.2) is 11.6 Å². The van der Waals surface area contributed by atoms with E-state index < -0.39 is 11.9 Å². The maximum atomic E-state index is 14.6. The van der Waals surface area contributed by atoms with E-state index in [2.05, 4.69) is 4.98 Å². The molecule has 1 saturated heterocycles. The second-order valence-corrected chi connectivity index (χ2v) is 6.84. The van der Waals surface area contributed by atoms with Gasteiger partial charge >= 0.3 is 5.97 Å². The molecule has 26 heavy (non-hydrogen) atoms. The smallest absolute Gasteiger partial charge is 0.302 e. The third-order valence-electron chi connectivity index (χ3n) is 4.50. The Labute approximate surface area is 156 Å². The number of aromatic nitrogens is 1. The minimum Gasteiger partial charge on any atom is -0.465 e. The lowest BCUT2D eigenvalue weighted by Gasteiger charge is -2.36. The van der Waals surface area contributed by atoms with Gasteiger partial charge in [-0.3, -0.25) is 4.79 Å². The predicted molar refractivity (Wildman–Crippen MR) is 97.6 cm³/mol. The fraction of sp³-hybridized carbons (Fsp3) is 0.368. The Balaban J connectivity index is 1.71. The molecule has 2 aromatic rings. The molecule has 1 aliphatic heterocycles. The zero-order valence-electron chi connectivity index (χ0n) is 14.4. The molecule has 7 heteroatoms.